The molecule has 0 unspecified atom stereocenters. The van der Waals surface area contributed by atoms with Crippen molar-refractivity contribution in [3.8, 4) is 11.3 Å². The number of pyridine rings is 1. The summed E-state index contributed by atoms with van der Waals surface area (Å²) in [6.07, 6.45) is 7.03. The Morgan fingerprint density at radius 2 is 2.10 bits per heavy atom. The third-order valence-corrected chi connectivity index (χ3v) is 4.10. The van der Waals surface area contributed by atoms with Gasteiger partial charge in [-0.15, -0.1) is 0 Å². The molecule has 1 N–H and O–H groups in total. The maximum absolute atomic E-state index is 4.58. The Kier molecular flexibility index (Phi) is 4.31. The van der Waals surface area contributed by atoms with Gasteiger partial charge in [0.25, 0.3) is 0 Å². The lowest BCUT2D eigenvalue weighted by Gasteiger charge is -2.11. The molecule has 0 saturated carbocycles. The van der Waals surface area contributed by atoms with Crippen LogP contribution in [0.15, 0.2) is 30.7 Å². The molecular weight excluding hydrogens is 262 g/mol. The van der Waals surface area contributed by atoms with E-state index >= 15 is 0 Å². The van der Waals surface area contributed by atoms with Gasteiger partial charge in [-0.05, 0) is 44.6 Å². The summed E-state index contributed by atoms with van der Waals surface area (Å²) in [6, 6.07) is 4.02. The molecule has 0 aromatic carbocycles. The molecule has 5 nitrogen and oxygen atoms in total. The van der Waals surface area contributed by atoms with Crippen molar-refractivity contribution in [2.75, 3.05) is 26.7 Å². The molecule has 2 aromatic heterocycles. The van der Waals surface area contributed by atoms with Gasteiger partial charge in [-0.3, -0.25) is 9.67 Å². The summed E-state index contributed by atoms with van der Waals surface area (Å²) in [7, 11) is 4.17. The van der Waals surface area contributed by atoms with E-state index in [9.17, 15) is 0 Å². The van der Waals surface area contributed by atoms with Crippen molar-refractivity contribution in [2.45, 2.75) is 13.0 Å². The standard InChI is InChI=1S/C16H23N5/c1-20-8-5-13(11-20)9-18-10-15-12-21(2)19-16(15)14-3-6-17-7-4-14/h3-4,6-7,12-13,18H,5,8-11H2,1-2H3/t13-/m0/s1. The zero-order valence-electron chi connectivity index (χ0n) is 12.8. The molecule has 21 heavy (non-hydrogen) atoms. The van der Waals surface area contributed by atoms with Crippen LogP contribution in [0, 0.1) is 5.92 Å². The van der Waals surface area contributed by atoms with Crippen molar-refractivity contribution in [3.05, 3.63) is 36.3 Å². The van der Waals surface area contributed by atoms with Crippen LogP contribution in [0.25, 0.3) is 11.3 Å². The van der Waals surface area contributed by atoms with Crippen LogP contribution in [-0.4, -0.2) is 46.3 Å². The molecular formula is C16H23N5. The van der Waals surface area contributed by atoms with Gasteiger partial charge < -0.3 is 10.2 Å². The molecule has 3 heterocycles. The molecule has 0 amide bonds. The van der Waals surface area contributed by atoms with Crippen LogP contribution in [0.3, 0.4) is 0 Å². The number of hydrogen-bond donors (Lipinski definition) is 1. The Labute approximate surface area is 126 Å². The molecule has 1 fully saturated rings. The van der Waals surface area contributed by atoms with Gasteiger partial charge >= 0.3 is 0 Å². The first kappa shape index (κ1) is 14.2. The van der Waals surface area contributed by atoms with E-state index in [4.69, 9.17) is 0 Å². The van der Waals surface area contributed by atoms with Gasteiger partial charge in [0.1, 0.15) is 0 Å². The van der Waals surface area contributed by atoms with Gasteiger partial charge in [0.05, 0.1) is 5.69 Å². The second-order valence-corrected chi connectivity index (χ2v) is 5.96. The molecule has 1 aliphatic rings. The summed E-state index contributed by atoms with van der Waals surface area (Å²) in [6.45, 7) is 4.37. The third-order valence-electron chi connectivity index (χ3n) is 4.10. The van der Waals surface area contributed by atoms with Crippen molar-refractivity contribution in [1.29, 1.82) is 0 Å². The third kappa shape index (κ3) is 3.49. The predicted molar refractivity (Wildman–Crippen MR) is 83.7 cm³/mol. The number of rotatable bonds is 5. The Balaban J connectivity index is 1.63. The number of nitrogens with one attached hydrogen (secondary N) is 1. The highest BCUT2D eigenvalue weighted by Gasteiger charge is 2.19. The summed E-state index contributed by atoms with van der Waals surface area (Å²) >= 11 is 0. The molecule has 5 heteroatoms. The van der Waals surface area contributed by atoms with Crippen LogP contribution in [0.2, 0.25) is 0 Å². The zero-order valence-corrected chi connectivity index (χ0v) is 12.8. The highest BCUT2D eigenvalue weighted by atomic mass is 15.3. The molecule has 0 aliphatic carbocycles. The fourth-order valence-corrected chi connectivity index (χ4v) is 3.02. The first-order valence-corrected chi connectivity index (χ1v) is 7.54. The lowest BCUT2D eigenvalue weighted by molar-refractivity contribution is 0.388. The van der Waals surface area contributed by atoms with E-state index in [1.807, 2.05) is 36.3 Å². The lowest BCUT2D eigenvalue weighted by Crippen LogP contribution is -2.24. The minimum Gasteiger partial charge on any atom is -0.312 e. The number of aromatic nitrogens is 3. The number of hydrogen-bond acceptors (Lipinski definition) is 4. The van der Waals surface area contributed by atoms with E-state index in [0.717, 1.165) is 30.3 Å². The predicted octanol–water partition coefficient (Wildman–Crippen LogP) is 1.52. The molecule has 1 aliphatic heterocycles. The molecule has 1 saturated heterocycles. The fraction of sp³-hybridized carbons (Fsp3) is 0.500. The van der Waals surface area contributed by atoms with Crippen molar-refractivity contribution in [2.24, 2.45) is 13.0 Å². The van der Waals surface area contributed by atoms with Gasteiger partial charge in [-0.25, -0.2) is 0 Å². The van der Waals surface area contributed by atoms with E-state index in [1.54, 1.807) is 0 Å². The normalized spacial score (nSPS) is 19.2. The second kappa shape index (κ2) is 6.37. The smallest absolute Gasteiger partial charge is 0.0969 e. The van der Waals surface area contributed by atoms with E-state index in [1.165, 1.54) is 25.1 Å². The maximum atomic E-state index is 4.58. The van der Waals surface area contributed by atoms with E-state index < -0.39 is 0 Å². The average molecular weight is 285 g/mol. The summed E-state index contributed by atoms with van der Waals surface area (Å²) in [5.74, 6) is 0.774. The average Bonchev–Trinajstić information content (AvgIpc) is 3.06. The van der Waals surface area contributed by atoms with Crippen molar-refractivity contribution < 1.29 is 0 Å². The summed E-state index contributed by atoms with van der Waals surface area (Å²) in [5.41, 5.74) is 3.42. The number of aryl methyl sites for hydroxylation is 1. The van der Waals surface area contributed by atoms with Crippen LogP contribution >= 0.6 is 0 Å². The number of likely N-dealkylation sites (tertiary alicyclic amines) is 1. The molecule has 1 atom stereocenters. The van der Waals surface area contributed by atoms with Crippen molar-refractivity contribution in [1.82, 2.24) is 25.0 Å². The molecule has 2 aromatic rings. The van der Waals surface area contributed by atoms with Crippen LogP contribution < -0.4 is 5.32 Å². The molecule has 3 rings (SSSR count). The van der Waals surface area contributed by atoms with E-state index in [0.29, 0.717) is 0 Å². The molecule has 0 spiro atoms. The maximum Gasteiger partial charge on any atom is 0.0969 e. The van der Waals surface area contributed by atoms with Gasteiger partial charge in [-0.1, -0.05) is 0 Å². The lowest BCUT2D eigenvalue weighted by atomic mass is 10.1. The largest absolute Gasteiger partial charge is 0.312 e. The van der Waals surface area contributed by atoms with E-state index in [2.05, 4.69) is 33.5 Å². The number of nitrogens with zero attached hydrogens (tertiary/aromatic N) is 4. The van der Waals surface area contributed by atoms with Crippen LogP contribution in [-0.2, 0) is 13.6 Å². The Bertz CT molecular complexity index is 578. The highest BCUT2D eigenvalue weighted by molar-refractivity contribution is 5.61. The first-order chi connectivity index (χ1) is 10.2. The SMILES string of the molecule is CN1CC[C@@H](CNCc2cn(C)nc2-c2ccncc2)C1. The summed E-state index contributed by atoms with van der Waals surface area (Å²) < 4.78 is 1.89. The topological polar surface area (TPSA) is 46.0 Å². The molecule has 0 radical (unpaired) electrons. The van der Waals surface area contributed by atoms with Crippen LogP contribution in [0.1, 0.15) is 12.0 Å². The molecule has 0 bridgehead atoms. The minimum atomic E-state index is 0.774. The fourth-order valence-electron chi connectivity index (χ4n) is 3.02. The Morgan fingerprint density at radius 1 is 1.29 bits per heavy atom. The van der Waals surface area contributed by atoms with Crippen LogP contribution in [0.4, 0.5) is 0 Å². The van der Waals surface area contributed by atoms with Gasteiger partial charge in [0.15, 0.2) is 0 Å². The zero-order chi connectivity index (χ0) is 14.7. The second-order valence-electron chi connectivity index (χ2n) is 5.96. The monoisotopic (exact) mass is 285 g/mol. The highest BCUT2D eigenvalue weighted by Crippen LogP contribution is 2.21. The Morgan fingerprint density at radius 3 is 2.81 bits per heavy atom. The molecule has 112 valence electrons. The van der Waals surface area contributed by atoms with Gasteiger partial charge in [0, 0.05) is 49.9 Å². The van der Waals surface area contributed by atoms with Gasteiger partial charge in [-0.2, -0.15) is 5.10 Å². The van der Waals surface area contributed by atoms with Crippen molar-refractivity contribution >= 4 is 0 Å². The summed E-state index contributed by atoms with van der Waals surface area (Å²) in [5, 5.41) is 8.18. The first-order valence-electron chi connectivity index (χ1n) is 7.54. The quantitative estimate of drug-likeness (QED) is 0.905. The Hall–Kier alpha value is -1.72. The van der Waals surface area contributed by atoms with E-state index in [-0.39, 0.29) is 0 Å². The van der Waals surface area contributed by atoms with Crippen LogP contribution in [0.5, 0.6) is 0 Å². The summed E-state index contributed by atoms with van der Waals surface area (Å²) in [4.78, 5) is 6.48. The van der Waals surface area contributed by atoms with Gasteiger partial charge in [0.2, 0.25) is 0 Å². The van der Waals surface area contributed by atoms with Crippen molar-refractivity contribution in [3.63, 3.8) is 0 Å². The minimum absolute atomic E-state index is 0.774.